The van der Waals surface area contributed by atoms with Gasteiger partial charge in [0, 0.05) is 31.9 Å². The Kier molecular flexibility index (Phi) is 7.74. The third-order valence-corrected chi connectivity index (χ3v) is 4.17. The van der Waals surface area contributed by atoms with Crippen molar-refractivity contribution in [3.63, 3.8) is 0 Å². The first-order valence-electron chi connectivity index (χ1n) is 8.29. The van der Waals surface area contributed by atoms with Crippen molar-refractivity contribution in [3.05, 3.63) is 24.3 Å². The normalized spacial score (nSPS) is 14.2. The molecular formula is C17H26N4O2S. The number of carbonyl (C=O) groups is 1. The SMILES string of the molecule is CCNC(=NCCCN1C(=O)COc2ccccc21)NCCSC. The molecule has 132 valence electrons. The summed E-state index contributed by atoms with van der Waals surface area (Å²) in [6.45, 7) is 5.20. The summed E-state index contributed by atoms with van der Waals surface area (Å²) in [6, 6.07) is 7.65. The van der Waals surface area contributed by atoms with Gasteiger partial charge in [0.1, 0.15) is 5.75 Å². The highest BCUT2D eigenvalue weighted by molar-refractivity contribution is 7.98. The average molecular weight is 350 g/mol. The molecule has 1 aromatic carbocycles. The predicted molar refractivity (Wildman–Crippen MR) is 101 cm³/mol. The molecule has 0 saturated heterocycles. The van der Waals surface area contributed by atoms with Gasteiger partial charge in [-0.15, -0.1) is 0 Å². The standard InChI is InChI=1S/C17H26N4O2S/c1-3-18-17(20-10-12-24-2)19-9-6-11-21-14-7-4-5-8-15(14)23-13-16(21)22/h4-5,7-8H,3,6,9-13H2,1-2H3,(H2,18,19,20). The van der Waals surface area contributed by atoms with Gasteiger partial charge >= 0.3 is 0 Å². The highest BCUT2D eigenvalue weighted by Crippen LogP contribution is 2.31. The van der Waals surface area contributed by atoms with E-state index in [1.807, 2.05) is 24.3 Å². The fraction of sp³-hybridized carbons (Fsp3) is 0.529. The topological polar surface area (TPSA) is 66.0 Å². The van der Waals surface area contributed by atoms with E-state index in [9.17, 15) is 4.79 Å². The van der Waals surface area contributed by atoms with Crippen LogP contribution in [0.5, 0.6) is 5.75 Å². The van der Waals surface area contributed by atoms with E-state index in [0.717, 1.165) is 42.7 Å². The third kappa shape index (κ3) is 5.33. The van der Waals surface area contributed by atoms with E-state index >= 15 is 0 Å². The minimum absolute atomic E-state index is 0.00248. The number of hydrogen-bond acceptors (Lipinski definition) is 4. The monoisotopic (exact) mass is 350 g/mol. The first-order valence-corrected chi connectivity index (χ1v) is 9.69. The molecule has 0 aromatic heterocycles. The van der Waals surface area contributed by atoms with Crippen molar-refractivity contribution in [2.75, 3.05) is 49.7 Å². The number of amides is 1. The Morgan fingerprint density at radius 2 is 2.21 bits per heavy atom. The van der Waals surface area contributed by atoms with Crippen molar-refractivity contribution in [3.8, 4) is 5.75 Å². The Morgan fingerprint density at radius 3 is 3.00 bits per heavy atom. The molecule has 0 aliphatic carbocycles. The van der Waals surface area contributed by atoms with Crippen LogP contribution in [0, 0.1) is 0 Å². The van der Waals surface area contributed by atoms with E-state index < -0.39 is 0 Å². The van der Waals surface area contributed by atoms with Gasteiger partial charge in [-0.2, -0.15) is 11.8 Å². The van der Waals surface area contributed by atoms with Crippen molar-refractivity contribution in [1.29, 1.82) is 0 Å². The average Bonchev–Trinajstić information content (AvgIpc) is 2.60. The highest BCUT2D eigenvalue weighted by atomic mass is 32.2. The fourth-order valence-electron chi connectivity index (χ4n) is 2.43. The maximum atomic E-state index is 12.1. The van der Waals surface area contributed by atoms with E-state index in [0.29, 0.717) is 13.1 Å². The number of nitrogens with one attached hydrogen (secondary N) is 2. The fourth-order valence-corrected chi connectivity index (χ4v) is 2.74. The molecule has 1 aliphatic rings. The Balaban J connectivity index is 1.86. The second-order valence-corrected chi connectivity index (χ2v) is 6.32. The molecule has 1 amide bonds. The number of anilines is 1. The number of thioether (sulfide) groups is 1. The molecule has 24 heavy (non-hydrogen) atoms. The van der Waals surface area contributed by atoms with E-state index in [1.54, 1.807) is 16.7 Å². The molecule has 1 heterocycles. The van der Waals surface area contributed by atoms with Gasteiger partial charge in [-0.05, 0) is 31.7 Å². The van der Waals surface area contributed by atoms with Gasteiger partial charge in [0.2, 0.25) is 0 Å². The zero-order valence-corrected chi connectivity index (χ0v) is 15.2. The minimum atomic E-state index is 0.00248. The number of ether oxygens (including phenoxy) is 1. The molecule has 0 atom stereocenters. The third-order valence-electron chi connectivity index (χ3n) is 3.56. The first kappa shape index (κ1) is 18.4. The molecule has 2 N–H and O–H groups in total. The summed E-state index contributed by atoms with van der Waals surface area (Å²) in [5.74, 6) is 2.65. The van der Waals surface area contributed by atoms with Crippen molar-refractivity contribution >= 4 is 29.3 Å². The Bertz CT molecular complexity index is 565. The summed E-state index contributed by atoms with van der Waals surface area (Å²) >= 11 is 1.80. The lowest BCUT2D eigenvalue weighted by molar-refractivity contribution is -0.121. The molecule has 0 bridgehead atoms. The summed E-state index contributed by atoms with van der Waals surface area (Å²) < 4.78 is 5.46. The molecule has 0 saturated carbocycles. The predicted octanol–water partition coefficient (Wildman–Crippen LogP) is 1.72. The zero-order valence-electron chi connectivity index (χ0n) is 14.4. The molecule has 2 rings (SSSR count). The Hall–Kier alpha value is -1.89. The van der Waals surface area contributed by atoms with Gasteiger partial charge in [-0.3, -0.25) is 9.79 Å². The van der Waals surface area contributed by atoms with Gasteiger partial charge in [-0.25, -0.2) is 0 Å². The van der Waals surface area contributed by atoms with Crippen LogP contribution >= 0.6 is 11.8 Å². The van der Waals surface area contributed by atoms with Gasteiger partial charge < -0.3 is 20.3 Å². The number of benzene rings is 1. The van der Waals surface area contributed by atoms with E-state index in [4.69, 9.17) is 4.74 Å². The van der Waals surface area contributed by atoms with E-state index in [2.05, 4.69) is 28.8 Å². The number of para-hydroxylation sites is 2. The Morgan fingerprint density at radius 1 is 1.38 bits per heavy atom. The maximum Gasteiger partial charge on any atom is 0.265 e. The quantitative estimate of drug-likeness (QED) is 0.425. The number of carbonyl (C=O) groups excluding carboxylic acids is 1. The van der Waals surface area contributed by atoms with Gasteiger partial charge in [0.15, 0.2) is 12.6 Å². The number of rotatable bonds is 8. The first-order chi connectivity index (χ1) is 11.8. The molecule has 6 nitrogen and oxygen atoms in total. The second-order valence-electron chi connectivity index (χ2n) is 5.34. The largest absolute Gasteiger partial charge is 0.482 e. The summed E-state index contributed by atoms with van der Waals surface area (Å²) in [4.78, 5) is 18.5. The van der Waals surface area contributed by atoms with Crippen LogP contribution < -0.4 is 20.3 Å². The van der Waals surface area contributed by atoms with E-state index in [-0.39, 0.29) is 12.5 Å². The lowest BCUT2D eigenvalue weighted by Gasteiger charge is -2.29. The second kappa shape index (κ2) is 10.1. The molecule has 0 fully saturated rings. The number of fused-ring (bicyclic) bond motifs is 1. The smallest absolute Gasteiger partial charge is 0.265 e. The van der Waals surface area contributed by atoms with Crippen LogP contribution in [0.1, 0.15) is 13.3 Å². The number of aliphatic imine (C=N–C) groups is 1. The number of guanidine groups is 1. The van der Waals surface area contributed by atoms with Gasteiger partial charge in [0.25, 0.3) is 5.91 Å². The Labute approximate surface area is 148 Å². The van der Waals surface area contributed by atoms with Crippen molar-refractivity contribution in [1.82, 2.24) is 10.6 Å². The van der Waals surface area contributed by atoms with Gasteiger partial charge in [0.05, 0.1) is 5.69 Å². The number of nitrogens with zero attached hydrogens (tertiary/aromatic N) is 2. The molecular weight excluding hydrogens is 324 g/mol. The van der Waals surface area contributed by atoms with Crippen molar-refractivity contribution in [2.45, 2.75) is 13.3 Å². The van der Waals surface area contributed by atoms with Crippen LogP contribution in [0.25, 0.3) is 0 Å². The molecule has 7 heteroatoms. The molecule has 1 aromatic rings. The van der Waals surface area contributed by atoms with Crippen molar-refractivity contribution in [2.24, 2.45) is 4.99 Å². The van der Waals surface area contributed by atoms with Crippen LogP contribution in [0.2, 0.25) is 0 Å². The molecule has 0 radical (unpaired) electrons. The highest BCUT2D eigenvalue weighted by Gasteiger charge is 2.24. The van der Waals surface area contributed by atoms with E-state index in [1.165, 1.54) is 0 Å². The summed E-state index contributed by atoms with van der Waals surface area (Å²) in [5.41, 5.74) is 0.850. The maximum absolute atomic E-state index is 12.1. The summed E-state index contributed by atoms with van der Waals surface area (Å²) in [5, 5.41) is 6.54. The molecule has 0 spiro atoms. The zero-order chi connectivity index (χ0) is 17.2. The van der Waals surface area contributed by atoms with Crippen LogP contribution in [-0.4, -0.2) is 56.7 Å². The molecule has 0 unspecified atom stereocenters. The molecule has 1 aliphatic heterocycles. The lowest BCUT2D eigenvalue weighted by atomic mass is 10.2. The number of hydrogen-bond donors (Lipinski definition) is 2. The minimum Gasteiger partial charge on any atom is -0.482 e. The lowest BCUT2D eigenvalue weighted by Crippen LogP contribution is -2.40. The van der Waals surface area contributed by atoms with Crippen LogP contribution in [-0.2, 0) is 4.79 Å². The van der Waals surface area contributed by atoms with Gasteiger partial charge in [-0.1, -0.05) is 12.1 Å². The summed E-state index contributed by atoms with van der Waals surface area (Å²) in [7, 11) is 0. The van der Waals surface area contributed by atoms with Crippen molar-refractivity contribution < 1.29 is 9.53 Å². The van der Waals surface area contributed by atoms with Crippen LogP contribution in [0.4, 0.5) is 5.69 Å². The van der Waals surface area contributed by atoms with Crippen LogP contribution in [0.3, 0.4) is 0 Å². The summed E-state index contributed by atoms with van der Waals surface area (Å²) in [6.07, 6.45) is 2.89. The van der Waals surface area contributed by atoms with Crippen LogP contribution in [0.15, 0.2) is 29.3 Å².